The van der Waals surface area contributed by atoms with Gasteiger partial charge in [-0.1, -0.05) is 0 Å². The third kappa shape index (κ3) is 3.90. The smallest absolute Gasteiger partial charge is 0.158 e. The number of hydrogen-bond donors (Lipinski definition) is 0. The standard InChI is InChI=1S/C20H29N7O/c1-3-23-27(5-1)20-11-19(21-16-22-20)26-14-17-12-25(13-18(17)15-26)7-6-24-4-2-9-28-10-8-24/h1,3,5,11,16-18H,2,4,6-10,12-15H2. The average molecular weight is 384 g/mol. The summed E-state index contributed by atoms with van der Waals surface area (Å²) in [6.45, 7) is 11.0. The number of anilines is 1. The van der Waals surface area contributed by atoms with Gasteiger partial charge in [0.05, 0.1) is 6.61 Å². The van der Waals surface area contributed by atoms with E-state index in [-0.39, 0.29) is 0 Å². The maximum atomic E-state index is 5.57. The van der Waals surface area contributed by atoms with E-state index in [0.29, 0.717) is 0 Å². The lowest BCUT2D eigenvalue weighted by molar-refractivity contribution is 0.139. The van der Waals surface area contributed by atoms with Gasteiger partial charge < -0.3 is 14.5 Å². The van der Waals surface area contributed by atoms with E-state index >= 15 is 0 Å². The fourth-order valence-electron chi connectivity index (χ4n) is 4.80. The summed E-state index contributed by atoms with van der Waals surface area (Å²) in [7, 11) is 0. The van der Waals surface area contributed by atoms with Crippen molar-refractivity contribution in [2.45, 2.75) is 6.42 Å². The van der Waals surface area contributed by atoms with Crippen molar-refractivity contribution >= 4 is 5.82 Å². The van der Waals surface area contributed by atoms with Gasteiger partial charge in [-0.05, 0) is 24.3 Å². The van der Waals surface area contributed by atoms with Crippen LogP contribution in [0.2, 0.25) is 0 Å². The Morgan fingerprint density at radius 3 is 2.57 bits per heavy atom. The molecule has 3 fully saturated rings. The normalized spacial score (nSPS) is 26.5. The quantitative estimate of drug-likeness (QED) is 0.755. The van der Waals surface area contributed by atoms with Crippen LogP contribution in [-0.4, -0.2) is 95.1 Å². The molecule has 8 heteroatoms. The minimum absolute atomic E-state index is 0.746. The Bertz CT molecular complexity index is 746. The minimum atomic E-state index is 0.746. The summed E-state index contributed by atoms with van der Waals surface area (Å²) in [5.74, 6) is 3.34. The van der Waals surface area contributed by atoms with Crippen LogP contribution < -0.4 is 4.90 Å². The van der Waals surface area contributed by atoms with E-state index in [2.05, 4.69) is 29.8 Å². The highest BCUT2D eigenvalue weighted by Crippen LogP contribution is 2.33. The van der Waals surface area contributed by atoms with Gasteiger partial charge in [0.15, 0.2) is 5.82 Å². The molecule has 2 aromatic heterocycles. The maximum Gasteiger partial charge on any atom is 0.158 e. The molecule has 8 nitrogen and oxygen atoms in total. The molecule has 3 aliphatic rings. The second-order valence-electron chi connectivity index (χ2n) is 8.18. The summed E-state index contributed by atoms with van der Waals surface area (Å²) >= 11 is 0. The molecule has 0 spiro atoms. The molecule has 3 aliphatic heterocycles. The average Bonchev–Trinajstić information content (AvgIpc) is 3.40. The number of aromatic nitrogens is 4. The van der Waals surface area contributed by atoms with E-state index in [1.165, 1.54) is 39.1 Å². The predicted octanol–water partition coefficient (Wildman–Crippen LogP) is 0.753. The zero-order chi connectivity index (χ0) is 18.8. The zero-order valence-corrected chi connectivity index (χ0v) is 16.4. The molecule has 5 rings (SSSR count). The highest BCUT2D eigenvalue weighted by molar-refractivity contribution is 5.44. The zero-order valence-electron chi connectivity index (χ0n) is 16.4. The van der Waals surface area contributed by atoms with E-state index in [1.54, 1.807) is 17.2 Å². The molecule has 0 radical (unpaired) electrons. The van der Waals surface area contributed by atoms with Crippen molar-refractivity contribution in [3.8, 4) is 5.82 Å². The minimum Gasteiger partial charge on any atom is -0.380 e. The van der Waals surface area contributed by atoms with Crippen molar-refractivity contribution < 1.29 is 4.74 Å². The molecular formula is C20H29N7O. The van der Waals surface area contributed by atoms with Gasteiger partial charge in [0.25, 0.3) is 0 Å². The summed E-state index contributed by atoms with van der Waals surface area (Å²) in [5, 5.41) is 4.28. The van der Waals surface area contributed by atoms with Crippen LogP contribution in [0.15, 0.2) is 30.9 Å². The van der Waals surface area contributed by atoms with E-state index in [9.17, 15) is 0 Å². The maximum absolute atomic E-state index is 5.57. The van der Waals surface area contributed by atoms with Crippen molar-refractivity contribution in [2.24, 2.45) is 11.8 Å². The molecule has 150 valence electrons. The Morgan fingerprint density at radius 1 is 0.929 bits per heavy atom. The lowest BCUT2D eigenvalue weighted by Crippen LogP contribution is -2.37. The Morgan fingerprint density at radius 2 is 1.75 bits per heavy atom. The van der Waals surface area contributed by atoms with Crippen LogP contribution in [0.1, 0.15) is 6.42 Å². The Hall–Kier alpha value is -2.03. The highest BCUT2D eigenvalue weighted by Gasteiger charge is 2.40. The van der Waals surface area contributed by atoms with Gasteiger partial charge in [0.2, 0.25) is 0 Å². The molecule has 0 aromatic carbocycles. The van der Waals surface area contributed by atoms with Gasteiger partial charge in [-0.25, -0.2) is 14.6 Å². The highest BCUT2D eigenvalue weighted by atomic mass is 16.5. The third-order valence-electron chi connectivity index (χ3n) is 6.31. The molecule has 0 aliphatic carbocycles. The number of likely N-dealkylation sites (tertiary alicyclic amines) is 1. The molecule has 5 heterocycles. The summed E-state index contributed by atoms with van der Waals surface area (Å²) in [6, 6.07) is 3.96. The number of nitrogens with zero attached hydrogens (tertiary/aromatic N) is 7. The van der Waals surface area contributed by atoms with Crippen molar-refractivity contribution in [3.63, 3.8) is 0 Å². The van der Waals surface area contributed by atoms with E-state index in [0.717, 1.165) is 56.3 Å². The van der Waals surface area contributed by atoms with Gasteiger partial charge in [-0.2, -0.15) is 5.10 Å². The van der Waals surface area contributed by atoms with E-state index in [4.69, 9.17) is 4.74 Å². The fraction of sp³-hybridized carbons (Fsp3) is 0.650. The molecule has 2 atom stereocenters. The lowest BCUT2D eigenvalue weighted by atomic mass is 10.0. The first-order valence-corrected chi connectivity index (χ1v) is 10.4. The molecule has 0 bridgehead atoms. The topological polar surface area (TPSA) is 62.6 Å². The Labute approximate surface area is 166 Å². The molecule has 0 N–H and O–H groups in total. The largest absolute Gasteiger partial charge is 0.380 e. The summed E-state index contributed by atoms with van der Waals surface area (Å²) < 4.78 is 7.36. The van der Waals surface area contributed by atoms with Crippen LogP contribution in [0, 0.1) is 11.8 Å². The molecule has 2 unspecified atom stereocenters. The van der Waals surface area contributed by atoms with Crippen molar-refractivity contribution in [3.05, 3.63) is 30.9 Å². The molecule has 0 saturated carbocycles. The van der Waals surface area contributed by atoms with E-state index in [1.807, 2.05) is 18.3 Å². The molecule has 2 aromatic rings. The van der Waals surface area contributed by atoms with Gasteiger partial charge in [0.1, 0.15) is 12.1 Å². The van der Waals surface area contributed by atoms with Crippen molar-refractivity contribution in [2.75, 3.05) is 70.5 Å². The van der Waals surface area contributed by atoms with Crippen LogP contribution in [0.4, 0.5) is 5.82 Å². The van der Waals surface area contributed by atoms with Gasteiger partial charge in [-0.3, -0.25) is 4.90 Å². The second kappa shape index (κ2) is 8.14. The van der Waals surface area contributed by atoms with Gasteiger partial charge in [0, 0.05) is 77.4 Å². The first kappa shape index (κ1) is 18.0. The first-order valence-electron chi connectivity index (χ1n) is 10.4. The van der Waals surface area contributed by atoms with Crippen LogP contribution >= 0.6 is 0 Å². The second-order valence-corrected chi connectivity index (χ2v) is 8.18. The molecule has 3 saturated heterocycles. The lowest BCUT2D eigenvalue weighted by Gasteiger charge is -2.25. The number of hydrogen-bond acceptors (Lipinski definition) is 7. The van der Waals surface area contributed by atoms with Gasteiger partial charge in [-0.15, -0.1) is 0 Å². The number of ether oxygens (including phenoxy) is 1. The third-order valence-corrected chi connectivity index (χ3v) is 6.31. The van der Waals surface area contributed by atoms with Gasteiger partial charge >= 0.3 is 0 Å². The summed E-state index contributed by atoms with van der Waals surface area (Å²) in [5.41, 5.74) is 0. The van der Waals surface area contributed by atoms with Crippen LogP contribution in [0.25, 0.3) is 5.82 Å². The van der Waals surface area contributed by atoms with Crippen LogP contribution in [0.5, 0.6) is 0 Å². The predicted molar refractivity (Wildman–Crippen MR) is 107 cm³/mol. The first-order chi connectivity index (χ1) is 13.8. The van der Waals surface area contributed by atoms with Crippen molar-refractivity contribution in [1.29, 1.82) is 0 Å². The number of rotatable bonds is 5. The SMILES string of the molecule is c1cnn(-c2cc(N3CC4CN(CCN5CCCOCC5)CC4C3)ncn2)c1. The summed E-state index contributed by atoms with van der Waals surface area (Å²) in [6.07, 6.45) is 6.51. The van der Waals surface area contributed by atoms with Crippen molar-refractivity contribution in [1.82, 2.24) is 29.5 Å². The number of fused-ring (bicyclic) bond motifs is 1. The fourth-order valence-corrected chi connectivity index (χ4v) is 4.80. The van der Waals surface area contributed by atoms with Crippen LogP contribution in [-0.2, 0) is 4.74 Å². The monoisotopic (exact) mass is 383 g/mol. The summed E-state index contributed by atoms with van der Waals surface area (Å²) in [4.78, 5) is 16.5. The van der Waals surface area contributed by atoms with Crippen LogP contribution in [0.3, 0.4) is 0 Å². The molecule has 0 amide bonds. The Balaban J connectivity index is 1.15. The Kier molecular flexibility index (Phi) is 5.24. The molecular weight excluding hydrogens is 354 g/mol. The van der Waals surface area contributed by atoms with E-state index < -0.39 is 0 Å². The molecule has 28 heavy (non-hydrogen) atoms.